The third-order valence-corrected chi connectivity index (χ3v) is 6.16. The number of carbonyl (C=O) groups is 1. The second-order valence-electron chi connectivity index (χ2n) is 6.69. The van der Waals surface area contributed by atoms with Gasteiger partial charge in [-0.1, -0.05) is 12.1 Å². The SMILES string of the molecule is CN(C(=O)c1cnc(-c2ccccc2F)s1)C1CC2CCC(C1)N2.Cl.Cl. The van der Waals surface area contributed by atoms with Crippen LogP contribution in [0.15, 0.2) is 30.5 Å². The normalized spacial score (nSPS) is 23.7. The molecule has 4 nitrogen and oxygen atoms in total. The van der Waals surface area contributed by atoms with Crippen molar-refractivity contribution in [3.63, 3.8) is 0 Å². The van der Waals surface area contributed by atoms with Gasteiger partial charge in [0.25, 0.3) is 5.91 Å². The molecule has 26 heavy (non-hydrogen) atoms. The zero-order chi connectivity index (χ0) is 16.7. The molecule has 1 aromatic carbocycles. The Balaban J connectivity index is 0.00000121. The van der Waals surface area contributed by atoms with Gasteiger partial charge in [-0.05, 0) is 37.8 Å². The van der Waals surface area contributed by atoms with Crippen LogP contribution in [0.2, 0.25) is 0 Å². The first-order valence-electron chi connectivity index (χ1n) is 8.36. The molecular formula is C18H22Cl2FN3OS. The van der Waals surface area contributed by atoms with E-state index in [9.17, 15) is 9.18 Å². The topological polar surface area (TPSA) is 45.2 Å². The van der Waals surface area contributed by atoms with Crippen LogP contribution in [0, 0.1) is 5.82 Å². The smallest absolute Gasteiger partial charge is 0.265 e. The van der Waals surface area contributed by atoms with Crippen LogP contribution < -0.4 is 5.32 Å². The molecule has 0 saturated carbocycles. The lowest BCUT2D eigenvalue weighted by Crippen LogP contribution is -2.48. The first kappa shape index (κ1) is 21.1. The fraction of sp³-hybridized carbons (Fsp3) is 0.444. The number of thiazole rings is 1. The van der Waals surface area contributed by atoms with Crippen molar-refractivity contribution >= 4 is 42.1 Å². The molecule has 4 rings (SSSR count). The second kappa shape index (κ2) is 8.65. The van der Waals surface area contributed by atoms with Crippen LogP contribution in [0.25, 0.3) is 10.6 Å². The Kier molecular flexibility index (Phi) is 7.02. The Morgan fingerprint density at radius 2 is 1.88 bits per heavy atom. The fourth-order valence-electron chi connectivity index (χ4n) is 3.82. The van der Waals surface area contributed by atoms with Crippen LogP contribution in [0.1, 0.15) is 35.4 Å². The van der Waals surface area contributed by atoms with Gasteiger partial charge in [0.2, 0.25) is 0 Å². The second-order valence-corrected chi connectivity index (χ2v) is 7.72. The van der Waals surface area contributed by atoms with E-state index in [1.165, 1.54) is 30.2 Å². The lowest BCUT2D eigenvalue weighted by Gasteiger charge is -2.35. The highest BCUT2D eigenvalue weighted by Crippen LogP contribution is 2.32. The van der Waals surface area contributed by atoms with Crippen LogP contribution in [0.3, 0.4) is 0 Å². The van der Waals surface area contributed by atoms with E-state index < -0.39 is 0 Å². The highest BCUT2D eigenvalue weighted by molar-refractivity contribution is 7.16. The molecule has 8 heteroatoms. The van der Waals surface area contributed by atoms with Crippen LogP contribution in [-0.4, -0.2) is 41.0 Å². The highest BCUT2D eigenvalue weighted by atomic mass is 35.5. The molecule has 1 N–H and O–H groups in total. The Morgan fingerprint density at radius 3 is 2.54 bits per heavy atom. The van der Waals surface area contributed by atoms with E-state index >= 15 is 0 Å². The maximum Gasteiger partial charge on any atom is 0.265 e. The number of nitrogens with zero attached hydrogens (tertiary/aromatic N) is 2. The predicted molar refractivity (Wildman–Crippen MR) is 107 cm³/mol. The molecule has 3 heterocycles. The lowest BCUT2D eigenvalue weighted by atomic mass is 9.98. The van der Waals surface area contributed by atoms with Gasteiger partial charge in [0.05, 0.1) is 6.20 Å². The molecule has 142 valence electrons. The molecule has 0 aliphatic carbocycles. The van der Waals surface area contributed by atoms with E-state index in [0.717, 1.165) is 12.8 Å². The Hall–Kier alpha value is -1.21. The van der Waals surface area contributed by atoms with Gasteiger partial charge in [0.1, 0.15) is 15.7 Å². The standard InChI is InChI=1S/C18H20FN3OS.2ClH/c1-22(13-8-11-6-7-12(9-13)21-11)18(23)16-10-20-17(24-16)14-4-2-3-5-15(14)19;;/h2-5,10-13,21H,6-9H2,1H3;2*1H. The third-order valence-electron chi connectivity index (χ3n) is 5.14. The number of fused-ring (bicyclic) bond motifs is 2. The van der Waals surface area contributed by atoms with Crippen molar-refractivity contribution in [2.45, 2.75) is 43.8 Å². The quantitative estimate of drug-likeness (QED) is 0.815. The van der Waals surface area contributed by atoms with Gasteiger partial charge in [0.15, 0.2) is 0 Å². The van der Waals surface area contributed by atoms with Crippen LogP contribution in [0.5, 0.6) is 0 Å². The Bertz CT molecular complexity index is 760. The molecule has 0 spiro atoms. The number of piperidine rings is 1. The van der Waals surface area contributed by atoms with E-state index in [1.54, 1.807) is 24.4 Å². The minimum atomic E-state index is -0.311. The molecule has 2 saturated heterocycles. The first-order valence-corrected chi connectivity index (χ1v) is 9.17. The molecule has 2 bridgehead atoms. The average molecular weight is 418 g/mol. The van der Waals surface area contributed by atoms with Crippen molar-refractivity contribution < 1.29 is 9.18 Å². The molecule has 2 aromatic rings. The summed E-state index contributed by atoms with van der Waals surface area (Å²) in [5.74, 6) is -0.324. The van der Waals surface area contributed by atoms with E-state index in [2.05, 4.69) is 10.3 Å². The summed E-state index contributed by atoms with van der Waals surface area (Å²) in [4.78, 5) is 19.5. The summed E-state index contributed by atoms with van der Waals surface area (Å²) in [5.41, 5.74) is 0.448. The van der Waals surface area contributed by atoms with Gasteiger partial charge < -0.3 is 10.2 Å². The van der Waals surface area contributed by atoms with Gasteiger partial charge in [-0.15, -0.1) is 36.2 Å². The van der Waals surface area contributed by atoms with Crippen LogP contribution >= 0.6 is 36.2 Å². The minimum absolute atomic E-state index is 0. The van der Waals surface area contributed by atoms with Crippen molar-refractivity contribution in [1.29, 1.82) is 0 Å². The van der Waals surface area contributed by atoms with Crippen molar-refractivity contribution in [1.82, 2.24) is 15.2 Å². The number of aromatic nitrogens is 1. The molecule has 2 atom stereocenters. The third kappa shape index (κ3) is 4.03. The summed E-state index contributed by atoms with van der Waals surface area (Å²) in [7, 11) is 1.88. The average Bonchev–Trinajstić information content (AvgIpc) is 3.20. The van der Waals surface area contributed by atoms with Gasteiger partial charge >= 0.3 is 0 Å². The largest absolute Gasteiger partial charge is 0.338 e. The highest BCUT2D eigenvalue weighted by Gasteiger charge is 2.36. The van der Waals surface area contributed by atoms with Gasteiger partial charge in [-0.2, -0.15) is 0 Å². The molecule has 0 radical (unpaired) electrons. The summed E-state index contributed by atoms with van der Waals surface area (Å²) in [6, 6.07) is 7.89. The van der Waals surface area contributed by atoms with E-state index in [0.29, 0.717) is 27.5 Å². The summed E-state index contributed by atoms with van der Waals surface area (Å²) in [6.07, 6.45) is 6.01. The Labute approximate surface area is 169 Å². The van der Waals surface area contributed by atoms with Crippen molar-refractivity contribution in [3.05, 3.63) is 41.2 Å². The number of hydrogen-bond donors (Lipinski definition) is 1. The number of hydrogen-bond acceptors (Lipinski definition) is 4. The van der Waals surface area contributed by atoms with E-state index in [-0.39, 0.29) is 42.6 Å². The number of benzene rings is 1. The molecule has 1 aromatic heterocycles. The number of nitrogens with one attached hydrogen (secondary N) is 1. The van der Waals surface area contributed by atoms with Crippen molar-refractivity contribution in [2.75, 3.05) is 7.05 Å². The van der Waals surface area contributed by atoms with Crippen molar-refractivity contribution in [2.24, 2.45) is 0 Å². The molecule has 2 fully saturated rings. The summed E-state index contributed by atoms with van der Waals surface area (Å²) >= 11 is 1.26. The maximum atomic E-state index is 13.9. The van der Waals surface area contributed by atoms with Crippen LogP contribution in [-0.2, 0) is 0 Å². The molecule has 1 amide bonds. The zero-order valence-corrected chi connectivity index (χ0v) is 16.8. The maximum absolute atomic E-state index is 13.9. The van der Waals surface area contributed by atoms with E-state index in [1.807, 2.05) is 11.9 Å². The predicted octanol–water partition coefficient (Wildman–Crippen LogP) is 4.15. The fourth-order valence-corrected chi connectivity index (χ4v) is 4.74. The summed E-state index contributed by atoms with van der Waals surface area (Å²) < 4.78 is 13.9. The van der Waals surface area contributed by atoms with Crippen LogP contribution in [0.4, 0.5) is 4.39 Å². The monoisotopic (exact) mass is 417 g/mol. The van der Waals surface area contributed by atoms with Gasteiger partial charge in [-0.3, -0.25) is 4.79 Å². The Morgan fingerprint density at radius 1 is 1.23 bits per heavy atom. The minimum Gasteiger partial charge on any atom is -0.338 e. The number of halogens is 3. The molecule has 2 unspecified atom stereocenters. The summed E-state index contributed by atoms with van der Waals surface area (Å²) in [6.45, 7) is 0. The number of carbonyl (C=O) groups excluding carboxylic acids is 1. The lowest BCUT2D eigenvalue weighted by molar-refractivity contribution is 0.0686. The summed E-state index contributed by atoms with van der Waals surface area (Å²) in [5, 5.41) is 4.15. The zero-order valence-electron chi connectivity index (χ0n) is 14.4. The number of rotatable bonds is 3. The van der Waals surface area contributed by atoms with E-state index in [4.69, 9.17) is 0 Å². The van der Waals surface area contributed by atoms with Gasteiger partial charge in [-0.25, -0.2) is 9.37 Å². The molecule has 2 aliphatic heterocycles. The molecular weight excluding hydrogens is 396 g/mol. The first-order chi connectivity index (χ1) is 11.6. The number of amides is 1. The van der Waals surface area contributed by atoms with Crippen molar-refractivity contribution in [3.8, 4) is 10.6 Å². The molecule has 2 aliphatic rings. The van der Waals surface area contributed by atoms with Gasteiger partial charge in [0, 0.05) is 30.7 Å².